The fourth-order valence-electron chi connectivity index (χ4n) is 4.98. The fraction of sp³-hybridized carbons (Fsp3) is 0.833. The summed E-state index contributed by atoms with van der Waals surface area (Å²) in [5.74, 6) is 0.517. The molecule has 3 unspecified atom stereocenters. The number of aliphatic hydroxyl groups is 1. The molecule has 9 nitrogen and oxygen atoms in total. The number of nitrogens with one attached hydrogen (secondary N) is 1. The second kappa shape index (κ2) is 10.1. The second-order valence-electron chi connectivity index (χ2n) is 11.4. The van der Waals surface area contributed by atoms with Crippen molar-refractivity contribution in [2.45, 2.75) is 90.4 Å². The molecule has 2 heterocycles. The van der Waals surface area contributed by atoms with Crippen LogP contribution in [-0.4, -0.2) is 87.1 Å². The monoisotopic (exact) mass is 462 g/mol. The van der Waals surface area contributed by atoms with Crippen molar-refractivity contribution < 1.29 is 14.7 Å². The van der Waals surface area contributed by atoms with Crippen molar-refractivity contribution in [3.05, 3.63) is 11.9 Å². The number of nitrogens with zero attached hydrogens (tertiary/aromatic N) is 5. The van der Waals surface area contributed by atoms with Gasteiger partial charge in [-0.05, 0) is 44.7 Å². The zero-order valence-corrected chi connectivity index (χ0v) is 21.3. The first-order valence-electron chi connectivity index (χ1n) is 12.2. The Labute approximate surface area is 197 Å². The third-order valence-corrected chi connectivity index (χ3v) is 6.88. The van der Waals surface area contributed by atoms with Crippen molar-refractivity contribution >= 4 is 11.8 Å². The molecule has 186 valence electrons. The normalized spacial score (nSPS) is 23.3. The molecule has 1 aliphatic heterocycles. The van der Waals surface area contributed by atoms with E-state index in [2.05, 4.69) is 34.4 Å². The van der Waals surface area contributed by atoms with Crippen molar-refractivity contribution in [1.82, 2.24) is 30.1 Å². The molecular weight excluding hydrogens is 420 g/mol. The van der Waals surface area contributed by atoms with Gasteiger partial charge in [0.25, 0.3) is 0 Å². The molecule has 2 N–H and O–H groups in total. The van der Waals surface area contributed by atoms with Crippen LogP contribution >= 0.6 is 0 Å². The summed E-state index contributed by atoms with van der Waals surface area (Å²) in [6.45, 7) is 11.0. The van der Waals surface area contributed by atoms with E-state index < -0.39 is 23.6 Å². The molecule has 0 radical (unpaired) electrons. The predicted molar refractivity (Wildman–Crippen MR) is 127 cm³/mol. The fourth-order valence-corrected chi connectivity index (χ4v) is 4.98. The largest absolute Gasteiger partial charge is 0.391 e. The molecule has 3 rings (SSSR count). The SMILES string of the molecule is CC(C)C(CCNC(=O)C1CC(O)CN1C(=O)[C@@H](n1cc(C2CC2)nn1)C(C)(C)C)N(C)C. The summed E-state index contributed by atoms with van der Waals surface area (Å²) in [6.07, 6.45) is 4.46. The van der Waals surface area contributed by atoms with Gasteiger partial charge in [0, 0.05) is 37.7 Å². The van der Waals surface area contributed by atoms with Gasteiger partial charge in [-0.1, -0.05) is 39.8 Å². The van der Waals surface area contributed by atoms with E-state index in [1.54, 1.807) is 9.58 Å². The smallest absolute Gasteiger partial charge is 0.248 e. The molecule has 1 aromatic heterocycles. The number of carbonyl (C=O) groups excluding carboxylic acids is 2. The quantitative estimate of drug-likeness (QED) is 0.580. The van der Waals surface area contributed by atoms with Gasteiger partial charge in [0.2, 0.25) is 11.8 Å². The predicted octanol–water partition coefficient (Wildman–Crippen LogP) is 1.80. The molecule has 4 atom stereocenters. The standard InChI is InChI=1S/C24H42N6O3/c1-15(2)19(28(6)7)10-11-25-22(32)20-12-17(31)13-29(20)23(33)21(24(3,4)5)30-14-18(26-27-30)16-8-9-16/h14-17,19-21,31H,8-13H2,1-7H3,(H,25,32)/t17?,19?,20?,21-/m1/s1. The van der Waals surface area contributed by atoms with Crippen LogP contribution in [0.1, 0.15) is 78.0 Å². The number of β-amino-alcohol motifs (C(OH)–C–C–N with tert-alkyl or cyclic N) is 1. The third-order valence-electron chi connectivity index (χ3n) is 6.88. The molecule has 1 saturated heterocycles. The lowest BCUT2D eigenvalue weighted by Crippen LogP contribution is -2.50. The molecule has 1 aliphatic carbocycles. The zero-order valence-electron chi connectivity index (χ0n) is 21.3. The number of amides is 2. The molecule has 1 aromatic rings. The maximum Gasteiger partial charge on any atom is 0.248 e. The van der Waals surface area contributed by atoms with Gasteiger partial charge in [-0.3, -0.25) is 9.59 Å². The summed E-state index contributed by atoms with van der Waals surface area (Å²) in [5, 5.41) is 21.9. The molecule has 2 aliphatic rings. The van der Waals surface area contributed by atoms with Crippen LogP contribution in [0.25, 0.3) is 0 Å². The second-order valence-corrected chi connectivity index (χ2v) is 11.4. The molecule has 2 fully saturated rings. The average molecular weight is 463 g/mol. The molecule has 9 heteroatoms. The van der Waals surface area contributed by atoms with Gasteiger partial charge in [0.15, 0.2) is 0 Å². The third kappa shape index (κ3) is 6.12. The average Bonchev–Trinajstić information content (AvgIpc) is 3.31. The Morgan fingerprint density at radius 2 is 1.94 bits per heavy atom. The highest BCUT2D eigenvalue weighted by Crippen LogP contribution is 2.40. The topological polar surface area (TPSA) is 104 Å². The Morgan fingerprint density at radius 3 is 2.48 bits per heavy atom. The minimum atomic E-state index is -0.715. The number of likely N-dealkylation sites (tertiary alicyclic amines) is 1. The summed E-state index contributed by atoms with van der Waals surface area (Å²) in [6, 6.07) is -0.923. The zero-order chi connectivity index (χ0) is 24.5. The van der Waals surface area contributed by atoms with Crippen LogP contribution in [0.4, 0.5) is 0 Å². The van der Waals surface area contributed by atoms with Gasteiger partial charge >= 0.3 is 0 Å². The number of aliphatic hydroxyl groups excluding tert-OH is 1. The molecule has 0 spiro atoms. The van der Waals surface area contributed by atoms with Crippen molar-refractivity contribution in [3.63, 3.8) is 0 Å². The van der Waals surface area contributed by atoms with Crippen LogP contribution in [0.2, 0.25) is 0 Å². The minimum Gasteiger partial charge on any atom is -0.391 e. The van der Waals surface area contributed by atoms with Crippen LogP contribution in [-0.2, 0) is 9.59 Å². The van der Waals surface area contributed by atoms with Crippen molar-refractivity contribution in [1.29, 1.82) is 0 Å². The van der Waals surface area contributed by atoms with Crippen molar-refractivity contribution in [2.24, 2.45) is 11.3 Å². The maximum atomic E-state index is 13.7. The molecule has 1 saturated carbocycles. The van der Waals surface area contributed by atoms with Crippen molar-refractivity contribution in [3.8, 4) is 0 Å². The van der Waals surface area contributed by atoms with Gasteiger partial charge in [0.1, 0.15) is 12.1 Å². The maximum absolute atomic E-state index is 13.7. The summed E-state index contributed by atoms with van der Waals surface area (Å²) in [7, 11) is 4.09. The number of hydrogen-bond acceptors (Lipinski definition) is 6. The summed E-state index contributed by atoms with van der Waals surface area (Å²) < 4.78 is 1.65. The lowest BCUT2D eigenvalue weighted by Gasteiger charge is -2.34. The van der Waals surface area contributed by atoms with E-state index in [1.165, 1.54) is 0 Å². The lowest BCUT2D eigenvalue weighted by molar-refractivity contribution is -0.144. The highest BCUT2D eigenvalue weighted by Gasteiger charge is 2.45. The number of rotatable bonds is 9. The highest BCUT2D eigenvalue weighted by atomic mass is 16.3. The number of hydrogen-bond donors (Lipinski definition) is 2. The van der Waals surface area contributed by atoms with Crippen LogP contribution in [0.15, 0.2) is 6.20 Å². The van der Waals surface area contributed by atoms with Gasteiger partial charge in [-0.15, -0.1) is 5.10 Å². The molecule has 0 aromatic carbocycles. The first-order valence-corrected chi connectivity index (χ1v) is 12.2. The van der Waals surface area contributed by atoms with Gasteiger partial charge in [0.05, 0.1) is 11.8 Å². The minimum absolute atomic E-state index is 0.153. The Hall–Kier alpha value is -2.00. The molecule has 33 heavy (non-hydrogen) atoms. The van der Waals surface area contributed by atoms with Crippen LogP contribution in [0.3, 0.4) is 0 Å². The lowest BCUT2D eigenvalue weighted by atomic mass is 9.85. The summed E-state index contributed by atoms with van der Waals surface area (Å²) in [4.78, 5) is 30.5. The Bertz CT molecular complexity index is 818. The van der Waals surface area contributed by atoms with Gasteiger partial charge in [-0.2, -0.15) is 0 Å². The van der Waals surface area contributed by atoms with E-state index in [1.807, 2.05) is 41.1 Å². The van der Waals surface area contributed by atoms with E-state index in [9.17, 15) is 14.7 Å². The Kier molecular flexibility index (Phi) is 7.84. The van der Waals surface area contributed by atoms with Crippen LogP contribution in [0, 0.1) is 11.3 Å². The molecular formula is C24H42N6O3. The van der Waals surface area contributed by atoms with Crippen LogP contribution in [0.5, 0.6) is 0 Å². The van der Waals surface area contributed by atoms with E-state index >= 15 is 0 Å². The molecule has 2 amide bonds. The summed E-state index contributed by atoms with van der Waals surface area (Å²) in [5.41, 5.74) is 0.490. The van der Waals surface area contributed by atoms with Gasteiger partial charge < -0.3 is 20.2 Å². The van der Waals surface area contributed by atoms with E-state index in [0.29, 0.717) is 24.4 Å². The molecule has 0 bridgehead atoms. The Balaban J connectivity index is 1.71. The number of carbonyl (C=O) groups is 2. The van der Waals surface area contributed by atoms with Crippen LogP contribution < -0.4 is 5.32 Å². The first-order chi connectivity index (χ1) is 15.4. The van der Waals surface area contributed by atoms with Crippen molar-refractivity contribution in [2.75, 3.05) is 27.2 Å². The first kappa shape index (κ1) is 25.6. The summed E-state index contributed by atoms with van der Waals surface area (Å²) >= 11 is 0. The number of aromatic nitrogens is 3. The van der Waals surface area contributed by atoms with E-state index in [-0.39, 0.29) is 24.8 Å². The highest BCUT2D eigenvalue weighted by molar-refractivity contribution is 5.90. The van der Waals surface area contributed by atoms with E-state index in [4.69, 9.17) is 0 Å². The van der Waals surface area contributed by atoms with E-state index in [0.717, 1.165) is 25.0 Å². The Morgan fingerprint density at radius 1 is 1.27 bits per heavy atom. The van der Waals surface area contributed by atoms with Gasteiger partial charge in [-0.25, -0.2) is 4.68 Å².